The number of amides is 1. The molecule has 2 N–H and O–H groups in total. The van der Waals surface area contributed by atoms with Gasteiger partial charge in [-0.25, -0.2) is 0 Å². The highest BCUT2D eigenvalue weighted by Gasteiger charge is 2.14. The third kappa shape index (κ3) is 6.00. The van der Waals surface area contributed by atoms with Crippen molar-refractivity contribution in [2.75, 3.05) is 5.32 Å². The van der Waals surface area contributed by atoms with E-state index in [1.165, 1.54) is 16.7 Å². The SMILES string of the molecule is CC(C)(C)c1ccc(C(=O)NC(=S)Nc2ccc(Cc3ccccc3)cc2)cc1. The van der Waals surface area contributed by atoms with Crippen molar-refractivity contribution in [3.8, 4) is 0 Å². The first-order valence-corrected chi connectivity index (χ1v) is 10.1. The van der Waals surface area contributed by atoms with Crippen LogP contribution in [0.2, 0.25) is 0 Å². The molecule has 0 aromatic heterocycles. The van der Waals surface area contributed by atoms with Gasteiger partial charge in [-0.2, -0.15) is 0 Å². The van der Waals surface area contributed by atoms with Crippen molar-refractivity contribution >= 4 is 28.9 Å². The zero-order valence-corrected chi connectivity index (χ0v) is 17.8. The third-order valence-corrected chi connectivity index (χ3v) is 4.91. The minimum absolute atomic E-state index is 0.0541. The normalized spacial score (nSPS) is 11.0. The van der Waals surface area contributed by atoms with E-state index in [9.17, 15) is 4.79 Å². The molecule has 0 atom stereocenters. The highest BCUT2D eigenvalue weighted by molar-refractivity contribution is 7.80. The van der Waals surface area contributed by atoms with Crippen LogP contribution in [0.15, 0.2) is 78.9 Å². The lowest BCUT2D eigenvalue weighted by atomic mass is 9.87. The van der Waals surface area contributed by atoms with Crippen molar-refractivity contribution in [1.29, 1.82) is 0 Å². The minimum Gasteiger partial charge on any atom is -0.332 e. The zero-order valence-electron chi connectivity index (χ0n) is 17.0. The largest absolute Gasteiger partial charge is 0.332 e. The second kappa shape index (κ2) is 9.01. The molecule has 1 amide bonds. The van der Waals surface area contributed by atoms with E-state index in [1.807, 2.05) is 54.6 Å². The fourth-order valence-electron chi connectivity index (χ4n) is 3.00. The van der Waals surface area contributed by atoms with Crippen molar-refractivity contribution in [3.63, 3.8) is 0 Å². The Balaban J connectivity index is 1.55. The number of benzene rings is 3. The van der Waals surface area contributed by atoms with Crippen LogP contribution in [0.1, 0.15) is 47.8 Å². The summed E-state index contributed by atoms with van der Waals surface area (Å²) in [5.41, 5.74) is 5.16. The van der Waals surface area contributed by atoms with Crippen molar-refractivity contribution in [1.82, 2.24) is 5.32 Å². The van der Waals surface area contributed by atoms with Crippen LogP contribution in [0.5, 0.6) is 0 Å². The molecule has 3 aromatic carbocycles. The van der Waals surface area contributed by atoms with Gasteiger partial charge < -0.3 is 5.32 Å². The number of carbonyl (C=O) groups excluding carboxylic acids is 1. The van der Waals surface area contributed by atoms with Crippen LogP contribution in [-0.2, 0) is 11.8 Å². The molecule has 0 aliphatic rings. The zero-order chi connectivity index (χ0) is 20.9. The van der Waals surface area contributed by atoms with Gasteiger partial charge in [0.2, 0.25) is 0 Å². The fraction of sp³-hybridized carbons (Fsp3) is 0.200. The van der Waals surface area contributed by atoms with Crippen LogP contribution in [0.25, 0.3) is 0 Å². The number of nitrogens with one attached hydrogen (secondary N) is 2. The molecule has 0 aliphatic carbocycles. The molecule has 0 unspecified atom stereocenters. The lowest BCUT2D eigenvalue weighted by molar-refractivity contribution is 0.0977. The topological polar surface area (TPSA) is 41.1 Å². The number of anilines is 1. The molecule has 3 aromatic rings. The Morgan fingerprint density at radius 3 is 2.00 bits per heavy atom. The first kappa shape index (κ1) is 20.7. The molecule has 4 heteroatoms. The van der Waals surface area contributed by atoms with Gasteiger partial charge in [-0.3, -0.25) is 10.1 Å². The number of thiocarbonyl (C=S) groups is 1. The average molecular weight is 403 g/mol. The fourth-order valence-corrected chi connectivity index (χ4v) is 3.21. The smallest absolute Gasteiger partial charge is 0.257 e. The molecule has 29 heavy (non-hydrogen) atoms. The van der Waals surface area contributed by atoms with Crippen LogP contribution in [0, 0.1) is 0 Å². The summed E-state index contributed by atoms with van der Waals surface area (Å²) in [4.78, 5) is 12.4. The molecule has 3 rings (SSSR count). The molecular formula is C25H26N2OS. The van der Waals surface area contributed by atoms with Gasteiger partial charge in [0.25, 0.3) is 5.91 Å². The van der Waals surface area contributed by atoms with Gasteiger partial charge in [0.1, 0.15) is 0 Å². The van der Waals surface area contributed by atoms with E-state index in [0.717, 1.165) is 12.1 Å². The number of hydrogen-bond acceptors (Lipinski definition) is 2. The Kier molecular flexibility index (Phi) is 6.45. The van der Waals surface area contributed by atoms with Crippen LogP contribution in [0.3, 0.4) is 0 Å². The van der Waals surface area contributed by atoms with E-state index in [2.05, 4.69) is 55.7 Å². The quantitative estimate of drug-likeness (QED) is 0.550. The van der Waals surface area contributed by atoms with E-state index >= 15 is 0 Å². The predicted molar refractivity (Wildman–Crippen MR) is 125 cm³/mol. The molecule has 0 fully saturated rings. The van der Waals surface area contributed by atoms with Crippen molar-refractivity contribution in [2.45, 2.75) is 32.6 Å². The maximum Gasteiger partial charge on any atom is 0.257 e. The molecule has 0 radical (unpaired) electrons. The molecule has 0 bridgehead atoms. The number of rotatable bonds is 4. The monoisotopic (exact) mass is 402 g/mol. The Morgan fingerprint density at radius 2 is 1.41 bits per heavy atom. The maximum atomic E-state index is 12.4. The lowest BCUT2D eigenvalue weighted by Gasteiger charge is -2.19. The molecule has 0 heterocycles. The average Bonchev–Trinajstić information content (AvgIpc) is 2.69. The molecule has 0 spiro atoms. The van der Waals surface area contributed by atoms with E-state index < -0.39 is 0 Å². The summed E-state index contributed by atoms with van der Waals surface area (Å²) in [5, 5.41) is 6.09. The molecule has 3 nitrogen and oxygen atoms in total. The molecular weight excluding hydrogens is 376 g/mol. The van der Waals surface area contributed by atoms with Crippen LogP contribution in [0.4, 0.5) is 5.69 Å². The van der Waals surface area contributed by atoms with Crippen LogP contribution < -0.4 is 10.6 Å². The molecule has 148 valence electrons. The summed E-state index contributed by atoms with van der Waals surface area (Å²) in [6, 6.07) is 26.0. The molecule has 0 saturated heterocycles. The first-order chi connectivity index (χ1) is 13.8. The number of hydrogen-bond donors (Lipinski definition) is 2. The van der Waals surface area contributed by atoms with Gasteiger partial charge in [-0.05, 0) is 65.0 Å². The van der Waals surface area contributed by atoms with Gasteiger partial charge in [0.15, 0.2) is 5.11 Å². The van der Waals surface area contributed by atoms with E-state index in [0.29, 0.717) is 5.56 Å². The standard InChI is InChI=1S/C25H26N2OS/c1-25(2,3)21-13-11-20(12-14-21)23(28)27-24(29)26-22-15-9-19(10-16-22)17-18-7-5-4-6-8-18/h4-16H,17H2,1-3H3,(H2,26,27,28,29). The van der Waals surface area contributed by atoms with E-state index in [-0.39, 0.29) is 16.4 Å². The van der Waals surface area contributed by atoms with Gasteiger partial charge in [-0.1, -0.05) is 75.4 Å². The summed E-state index contributed by atoms with van der Waals surface area (Å²) in [6.07, 6.45) is 0.882. The molecule has 0 saturated carbocycles. The van der Waals surface area contributed by atoms with Gasteiger partial charge in [0.05, 0.1) is 0 Å². The number of carbonyl (C=O) groups is 1. The minimum atomic E-state index is -0.219. The van der Waals surface area contributed by atoms with E-state index in [4.69, 9.17) is 12.2 Å². The third-order valence-electron chi connectivity index (χ3n) is 4.70. The van der Waals surface area contributed by atoms with Gasteiger partial charge in [-0.15, -0.1) is 0 Å². The Hall–Kier alpha value is -2.98. The maximum absolute atomic E-state index is 12.4. The van der Waals surface area contributed by atoms with Crippen LogP contribution in [-0.4, -0.2) is 11.0 Å². The Bertz CT molecular complexity index is 972. The second-order valence-electron chi connectivity index (χ2n) is 8.09. The van der Waals surface area contributed by atoms with Gasteiger partial charge in [0, 0.05) is 11.3 Å². The Morgan fingerprint density at radius 1 is 0.828 bits per heavy atom. The lowest BCUT2D eigenvalue weighted by Crippen LogP contribution is -2.34. The predicted octanol–water partition coefficient (Wildman–Crippen LogP) is 5.70. The summed E-state index contributed by atoms with van der Waals surface area (Å²) in [5.74, 6) is -0.219. The van der Waals surface area contributed by atoms with Crippen molar-refractivity contribution in [2.24, 2.45) is 0 Å². The summed E-state index contributed by atoms with van der Waals surface area (Å²) in [6.45, 7) is 6.44. The van der Waals surface area contributed by atoms with Crippen molar-refractivity contribution in [3.05, 3.63) is 101 Å². The van der Waals surface area contributed by atoms with Crippen LogP contribution >= 0.6 is 12.2 Å². The summed E-state index contributed by atoms with van der Waals surface area (Å²) in [7, 11) is 0. The molecule has 0 aliphatic heterocycles. The second-order valence-corrected chi connectivity index (χ2v) is 8.50. The summed E-state index contributed by atoms with van der Waals surface area (Å²) < 4.78 is 0. The summed E-state index contributed by atoms with van der Waals surface area (Å²) >= 11 is 5.29. The highest BCUT2D eigenvalue weighted by Crippen LogP contribution is 2.22. The van der Waals surface area contributed by atoms with E-state index in [1.54, 1.807) is 0 Å². The van der Waals surface area contributed by atoms with Gasteiger partial charge >= 0.3 is 0 Å². The van der Waals surface area contributed by atoms with Crippen molar-refractivity contribution < 1.29 is 4.79 Å². The highest BCUT2D eigenvalue weighted by atomic mass is 32.1. The first-order valence-electron chi connectivity index (χ1n) is 9.67. The Labute approximate surface area is 178 Å².